The first-order valence-electron chi connectivity index (χ1n) is 5.90. The number of aromatic nitrogens is 1. The lowest BCUT2D eigenvalue weighted by Gasteiger charge is -2.16. The number of rotatable bonds is 2. The van der Waals surface area contributed by atoms with Crippen LogP contribution in [0, 0.1) is 13.8 Å². The largest absolute Gasteiger partial charge is 0.416 e. The van der Waals surface area contributed by atoms with Crippen LogP contribution >= 0.6 is 0 Å². The van der Waals surface area contributed by atoms with Crippen molar-refractivity contribution < 1.29 is 13.2 Å². The zero-order valence-corrected chi connectivity index (χ0v) is 10.8. The second kappa shape index (κ2) is 4.74. The topological polar surface area (TPSA) is 30.9 Å². The summed E-state index contributed by atoms with van der Waals surface area (Å²) in [6.07, 6.45) is -4.34. The van der Waals surface area contributed by atoms with Crippen LogP contribution < -0.4 is 5.73 Å². The van der Waals surface area contributed by atoms with Crippen molar-refractivity contribution in [2.24, 2.45) is 5.73 Å². The monoisotopic (exact) mass is 268 g/mol. The molecule has 0 saturated carbocycles. The van der Waals surface area contributed by atoms with Gasteiger partial charge in [0.1, 0.15) is 0 Å². The van der Waals surface area contributed by atoms with Gasteiger partial charge in [-0.15, -0.1) is 0 Å². The average molecular weight is 268 g/mol. The number of aryl methyl sites for hydroxylation is 2. The van der Waals surface area contributed by atoms with Crippen molar-refractivity contribution in [3.05, 3.63) is 52.8 Å². The molecule has 0 unspecified atom stereocenters. The molecule has 1 heterocycles. The number of alkyl halides is 3. The Labute approximate surface area is 109 Å². The van der Waals surface area contributed by atoms with Crippen LogP contribution in [0.15, 0.2) is 30.3 Å². The minimum atomic E-state index is -4.34. The van der Waals surface area contributed by atoms with E-state index in [9.17, 15) is 13.2 Å². The predicted octanol–water partition coefficient (Wildman–Crippen LogP) is 3.57. The van der Waals surface area contributed by atoms with Gasteiger partial charge in [-0.1, -0.05) is 0 Å². The minimum absolute atomic E-state index is 0.0658. The summed E-state index contributed by atoms with van der Waals surface area (Å²) in [5.41, 5.74) is 8.04. The highest BCUT2D eigenvalue weighted by molar-refractivity contribution is 5.47. The van der Waals surface area contributed by atoms with Gasteiger partial charge in [0.05, 0.1) is 5.56 Å². The van der Waals surface area contributed by atoms with E-state index < -0.39 is 11.7 Å². The van der Waals surface area contributed by atoms with E-state index in [1.807, 2.05) is 30.5 Å². The normalized spacial score (nSPS) is 11.9. The summed E-state index contributed by atoms with van der Waals surface area (Å²) < 4.78 is 40.0. The molecule has 1 aromatic heterocycles. The molecule has 0 bridgehead atoms. The second-order valence-electron chi connectivity index (χ2n) is 4.50. The Hall–Kier alpha value is -1.75. The predicted molar refractivity (Wildman–Crippen MR) is 68.1 cm³/mol. The zero-order chi connectivity index (χ0) is 14.2. The third-order valence-electron chi connectivity index (χ3n) is 3.14. The van der Waals surface area contributed by atoms with Crippen LogP contribution in [0.4, 0.5) is 13.2 Å². The Kier molecular flexibility index (Phi) is 3.41. The molecule has 0 radical (unpaired) electrons. The van der Waals surface area contributed by atoms with E-state index in [0.717, 1.165) is 23.5 Å². The summed E-state index contributed by atoms with van der Waals surface area (Å²) in [6.45, 7) is 3.88. The summed E-state index contributed by atoms with van der Waals surface area (Å²) in [5, 5.41) is 0. The first kappa shape index (κ1) is 13.7. The maximum absolute atomic E-state index is 12.7. The van der Waals surface area contributed by atoms with Crippen molar-refractivity contribution in [1.29, 1.82) is 0 Å². The Morgan fingerprint density at radius 1 is 1.05 bits per heavy atom. The fourth-order valence-electron chi connectivity index (χ4n) is 2.19. The van der Waals surface area contributed by atoms with Crippen molar-refractivity contribution >= 4 is 0 Å². The molecular formula is C14H15F3N2. The van der Waals surface area contributed by atoms with Gasteiger partial charge >= 0.3 is 6.18 Å². The standard InChI is InChI=1S/C14H15F3N2/c1-9-3-4-10(2)19(9)13-6-5-12(14(15,16)17)7-11(13)8-18/h3-7H,8,18H2,1-2H3. The van der Waals surface area contributed by atoms with Crippen molar-refractivity contribution in [3.63, 3.8) is 0 Å². The van der Waals surface area contributed by atoms with Crippen molar-refractivity contribution in [2.75, 3.05) is 0 Å². The number of nitrogens with zero attached hydrogens (tertiary/aromatic N) is 1. The lowest BCUT2D eigenvalue weighted by atomic mass is 10.1. The van der Waals surface area contributed by atoms with Gasteiger partial charge in [-0.05, 0) is 49.7 Å². The molecule has 0 saturated heterocycles. The Morgan fingerprint density at radius 3 is 2.11 bits per heavy atom. The van der Waals surface area contributed by atoms with E-state index in [-0.39, 0.29) is 6.54 Å². The molecule has 5 heteroatoms. The fourth-order valence-corrected chi connectivity index (χ4v) is 2.19. The number of hydrogen-bond donors (Lipinski definition) is 1. The quantitative estimate of drug-likeness (QED) is 0.886. The molecule has 2 nitrogen and oxygen atoms in total. The molecule has 0 amide bonds. The maximum atomic E-state index is 12.7. The van der Waals surface area contributed by atoms with Gasteiger partial charge in [-0.3, -0.25) is 0 Å². The fraction of sp³-hybridized carbons (Fsp3) is 0.286. The molecule has 0 spiro atoms. The SMILES string of the molecule is Cc1ccc(C)n1-c1ccc(C(F)(F)F)cc1CN. The molecule has 102 valence electrons. The van der Waals surface area contributed by atoms with Gasteiger partial charge in [0.2, 0.25) is 0 Å². The van der Waals surface area contributed by atoms with E-state index in [1.54, 1.807) is 0 Å². The zero-order valence-electron chi connectivity index (χ0n) is 10.8. The van der Waals surface area contributed by atoms with E-state index in [4.69, 9.17) is 5.73 Å². The van der Waals surface area contributed by atoms with Gasteiger partial charge in [0, 0.05) is 23.6 Å². The highest BCUT2D eigenvalue weighted by Crippen LogP contribution is 2.32. The smallest absolute Gasteiger partial charge is 0.326 e. The Bertz CT molecular complexity index is 578. The van der Waals surface area contributed by atoms with Gasteiger partial charge in [0.25, 0.3) is 0 Å². The average Bonchev–Trinajstić information content (AvgIpc) is 2.67. The van der Waals surface area contributed by atoms with Crippen LogP contribution in [0.3, 0.4) is 0 Å². The van der Waals surface area contributed by atoms with Crippen LogP contribution in [-0.4, -0.2) is 4.57 Å². The van der Waals surface area contributed by atoms with E-state index in [1.165, 1.54) is 6.07 Å². The summed E-state index contributed by atoms with van der Waals surface area (Å²) in [6, 6.07) is 7.53. The van der Waals surface area contributed by atoms with E-state index in [2.05, 4.69) is 0 Å². The molecule has 0 aliphatic rings. The molecule has 0 fully saturated rings. The van der Waals surface area contributed by atoms with Crippen molar-refractivity contribution in [2.45, 2.75) is 26.6 Å². The molecule has 19 heavy (non-hydrogen) atoms. The Balaban J connectivity index is 2.60. The summed E-state index contributed by atoms with van der Waals surface area (Å²) in [5.74, 6) is 0. The highest BCUT2D eigenvalue weighted by atomic mass is 19.4. The van der Waals surface area contributed by atoms with Crippen molar-refractivity contribution in [1.82, 2.24) is 4.57 Å². The third kappa shape index (κ3) is 2.51. The van der Waals surface area contributed by atoms with E-state index in [0.29, 0.717) is 11.3 Å². The summed E-state index contributed by atoms with van der Waals surface area (Å²) in [4.78, 5) is 0. The summed E-state index contributed by atoms with van der Waals surface area (Å²) >= 11 is 0. The second-order valence-corrected chi connectivity index (χ2v) is 4.50. The van der Waals surface area contributed by atoms with Crippen LogP contribution in [0.1, 0.15) is 22.5 Å². The number of hydrogen-bond acceptors (Lipinski definition) is 1. The molecule has 2 N–H and O–H groups in total. The summed E-state index contributed by atoms with van der Waals surface area (Å²) in [7, 11) is 0. The first-order valence-corrected chi connectivity index (χ1v) is 5.90. The molecule has 2 aromatic rings. The molecule has 1 aromatic carbocycles. The van der Waals surface area contributed by atoms with Crippen LogP contribution in [-0.2, 0) is 12.7 Å². The maximum Gasteiger partial charge on any atom is 0.416 e. The van der Waals surface area contributed by atoms with Crippen LogP contribution in [0.25, 0.3) is 5.69 Å². The lowest BCUT2D eigenvalue weighted by Crippen LogP contribution is -2.11. The Morgan fingerprint density at radius 2 is 1.63 bits per heavy atom. The minimum Gasteiger partial charge on any atom is -0.326 e. The molecule has 2 rings (SSSR count). The van der Waals surface area contributed by atoms with Crippen LogP contribution in [0.2, 0.25) is 0 Å². The van der Waals surface area contributed by atoms with Gasteiger partial charge in [-0.25, -0.2) is 0 Å². The number of nitrogens with two attached hydrogens (primary N) is 1. The molecule has 0 atom stereocenters. The van der Waals surface area contributed by atoms with Crippen molar-refractivity contribution in [3.8, 4) is 5.69 Å². The third-order valence-corrected chi connectivity index (χ3v) is 3.14. The van der Waals surface area contributed by atoms with E-state index >= 15 is 0 Å². The van der Waals surface area contributed by atoms with Gasteiger partial charge < -0.3 is 10.3 Å². The molecular weight excluding hydrogens is 253 g/mol. The first-order chi connectivity index (χ1) is 8.84. The van der Waals surface area contributed by atoms with Gasteiger partial charge in [-0.2, -0.15) is 13.2 Å². The number of halogens is 3. The molecule has 0 aliphatic carbocycles. The number of benzene rings is 1. The highest BCUT2D eigenvalue weighted by Gasteiger charge is 2.31. The lowest BCUT2D eigenvalue weighted by molar-refractivity contribution is -0.137. The van der Waals surface area contributed by atoms with Crippen LogP contribution in [0.5, 0.6) is 0 Å². The molecule has 0 aliphatic heterocycles. The van der Waals surface area contributed by atoms with Gasteiger partial charge in [0.15, 0.2) is 0 Å².